The van der Waals surface area contributed by atoms with Crippen LogP contribution in [0.15, 0.2) is 36.4 Å². The molecule has 0 bridgehead atoms. The maximum atomic E-state index is 15.2. The van der Waals surface area contributed by atoms with E-state index in [0.717, 1.165) is 60.2 Å². The van der Waals surface area contributed by atoms with Crippen LogP contribution in [0.25, 0.3) is 16.9 Å². The van der Waals surface area contributed by atoms with Crippen LogP contribution in [0.1, 0.15) is 83.6 Å². The molecule has 0 atom stereocenters. The van der Waals surface area contributed by atoms with E-state index in [1.807, 2.05) is 23.1 Å². The van der Waals surface area contributed by atoms with Crippen molar-refractivity contribution in [1.82, 2.24) is 19.5 Å². The molecule has 3 fully saturated rings. The summed E-state index contributed by atoms with van der Waals surface area (Å²) in [6.45, 7) is 2.74. The molecule has 1 aromatic carbocycles. The van der Waals surface area contributed by atoms with Gasteiger partial charge in [-0.15, -0.1) is 11.3 Å². The Kier molecular flexibility index (Phi) is 4.29. The number of aromatic nitrogens is 3. The largest absolute Gasteiger partial charge is 0.327 e. The molecule has 0 radical (unpaired) electrons. The smallest absolute Gasteiger partial charge is 0.273 e. The van der Waals surface area contributed by atoms with E-state index in [1.165, 1.54) is 11.3 Å². The van der Waals surface area contributed by atoms with E-state index in [9.17, 15) is 9.18 Å². The summed E-state index contributed by atoms with van der Waals surface area (Å²) in [5.41, 5.74) is 4.59. The molecular formula is C29H26F2N4OS. The summed E-state index contributed by atoms with van der Waals surface area (Å²) in [5.74, 6) is -0.0723. The van der Waals surface area contributed by atoms with Gasteiger partial charge in [0.25, 0.3) is 5.91 Å². The lowest BCUT2D eigenvalue weighted by molar-refractivity contribution is 0.0622. The molecule has 1 spiro atoms. The molecule has 4 heterocycles. The van der Waals surface area contributed by atoms with Crippen LogP contribution in [0.2, 0.25) is 0 Å². The van der Waals surface area contributed by atoms with Gasteiger partial charge in [-0.3, -0.25) is 4.79 Å². The minimum atomic E-state index is -0.395. The quantitative estimate of drug-likeness (QED) is 0.318. The summed E-state index contributed by atoms with van der Waals surface area (Å²) >= 11 is 1.20. The molecule has 4 aromatic rings. The van der Waals surface area contributed by atoms with Crippen molar-refractivity contribution in [3.05, 3.63) is 74.7 Å². The molecule has 37 heavy (non-hydrogen) atoms. The van der Waals surface area contributed by atoms with Crippen LogP contribution in [0, 0.1) is 10.9 Å². The third-order valence-corrected chi connectivity index (χ3v) is 9.92. The first-order valence-corrected chi connectivity index (χ1v) is 14.0. The molecule has 188 valence electrons. The fourth-order valence-electron chi connectivity index (χ4n) is 6.12. The molecule has 8 rings (SSSR count). The van der Waals surface area contributed by atoms with Crippen LogP contribution in [-0.2, 0) is 17.4 Å². The Labute approximate surface area is 217 Å². The van der Waals surface area contributed by atoms with Gasteiger partial charge in [-0.2, -0.15) is 9.49 Å². The van der Waals surface area contributed by atoms with E-state index < -0.39 is 5.54 Å². The van der Waals surface area contributed by atoms with Crippen molar-refractivity contribution in [3.63, 3.8) is 0 Å². The fourth-order valence-corrected chi connectivity index (χ4v) is 7.09. The third kappa shape index (κ3) is 3.27. The Balaban J connectivity index is 1.19. The summed E-state index contributed by atoms with van der Waals surface area (Å²) in [6.07, 6.45) is 6.62. The molecule has 1 amide bonds. The molecule has 8 heteroatoms. The number of hydrogen-bond donors (Lipinski definition) is 0. The van der Waals surface area contributed by atoms with E-state index in [1.54, 1.807) is 22.7 Å². The number of carbonyl (C=O) groups excluding carboxylic acids is 1. The van der Waals surface area contributed by atoms with Crippen LogP contribution in [-0.4, -0.2) is 31.9 Å². The number of thiophene rings is 1. The number of carbonyl (C=O) groups is 1. The highest BCUT2D eigenvalue weighted by atomic mass is 32.1. The summed E-state index contributed by atoms with van der Waals surface area (Å²) in [7, 11) is 0. The predicted molar refractivity (Wildman–Crippen MR) is 137 cm³/mol. The molecular weight excluding hydrogens is 490 g/mol. The van der Waals surface area contributed by atoms with Crippen LogP contribution in [0.5, 0.6) is 0 Å². The Morgan fingerprint density at radius 3 is 2.59 bits per heavy atom. The van der Waals surface area contributed by atoms with Gasteiger partial charge in [-0.25, -0.2) is 13.9 Å². The predicted octanol–water partition coefficient (Wildman–Crippen LogP) is 6.35. The van der Waals surface area contributed by atoms with E-state index in [4.69, 9.17) is 10.1 Å². The minimum absolute atomic E-state index is 0.0944. The number of halogens is 2. The van der Waals surface area contributed by atoms with Gasteiger partial charge >= 0.3 is 0 Å². The normalized spacial score (nSPS) is 20.9. The highest BCUT2D eigenvalue weighted by Crippen LogP contribution is 2.56. The molecule has 3 saturated carbocycles. The Morgan fingerprint density at radius 1 is 1.08 bits per heavy atom. The third-order valence-electron chi connectivity index (χ3n) is 8.94. The Hall–Kier alpha value is -3.13. The molecule has 0 saturated heterocycles. The molecule has 0 unspecified atom stereocenters. The number of amides is 1. The van der Waals surface area contributed by atoms with Crippen molar-refractivity contribution in [2.24, 2.45) is 0 Å². The molecule has 5 nitrogen and oxygen atoms in total. The van der Waals surface area contributed by atoms with Gasteiger partial charge in [0.15, 0.2) is 10.8 Å². The van der Waals surface area contributed by atoms with Crippen molar-refractivity contribution >= 4 is 22.9 Å². The van der Waals surface area contributed by atoms with Crippen molar-refractivity contribution in [1.29, 1.82) is 0 Å². The summed E-state index contributed by atoms with van der Waals surface area (Å²) < 4.78 is 31.0. The van der Waals surface area contributed by atoms with Crippen LogP contribution in [0.3, 0.4) is 0 Å². The fraction of sp³-hybridized carbons (Fsp3) is 0.414. The summed E-state index contributed by atoms with van der Waals surface area (Å²) in [5, 5.41) is 4.57. The van der Waals surface area contributed by atoms with Gasteiger partial charge in [0.05, 0.1) is 11.2 Å². The van der Waals surface area contributed by atoms with E-state index in [2.05, 4.69) is 6.92 Å². The lowest BCUT2D eigenvalue weighted by atomic mass is 9.96. The Bertz CT molecular complexity index is 1630. The highest BCUT2D eigenvalue weighted by molar-refractivity contribution is 7.10. The number of fused-ring (bicyclic) bond motifs is 3. The average molecular weight is 517 g/mol. The lowest BCUT2D eigenvalue weighted by Crippen LogP contribution is -2.45. The van der Waals surface area contributed by atoms with Crippen molar-refractivity contribution in [2.75, 3.05) is 6.54 Å². The van der Waals surface area contributed by atoms with Crippen molar-refractivity contribution in [2.45, 2.75) is 68.7 Å². The number of rotatable bonds is 4. The Morgan fingerprint density at radius 2 is 1.89 bits per heavy atom. The zero-order valence-corrected chi connectivity index (χ0v) is 21.4. The second-order valence-corrected chi connectivity index (χ2v) is 12.6. The lowest BCUT2D eigenvalue weighted by Gasteiger charge is -2.36. The van der Waals surface area contributed by atoms with Crippen molar-refractivity contribution < 1.29 is 13.6 Å². The van der Waals surface area contributed by atoms with E-state index in [-0.39, 0.29) is 22.3 Å². The molecule has 3 aliphatic carbocycles. The van der Waals surface area contributed by atoms with Gasteiger partial charge in [-0.1, -0.05) is 13.0 Å². The summed E-state index contributed by atoms with van der Waals surface area (Å²) in [4.78, 5) is 21.6. The van der Waals surface area contributed by atoms with Gasteiger partial charge in [-0.05, 0) is 85.8 Å². The van der Waals surface area contributed by atoms with E-state index in [0.29, 0.717) is 41.5 Å². The molecule has 3 aromatic heterocycles. The average Bonchev–Trinajstić information content (AvgIpc) is 3.82. The zero-order valence-electron chi connectivity index (χ0n) is 20.6. The van der Waals surface area contributed by atoms with Crippen molar-refractivity contribution in [3.8, 4) is 11.3 Å². The second kappa shape index (κ2) is 7.25. The van der Waals surface area contributed by atoms with Crippen LogP contribution in [0.4, 0.5) is 8.78 Å². The summed E-state index contributed by atoms with van der Waals surface area (Å²) in [6, 6.07) is 10.7. The maximum absolute atomic E-state index is 15.2. The van der Waals surface area contributed by atoms with Gasteiger partial charge in [0, 0.05) is 34.7 Å². The molecule has 4 aliphatic rings. The maximum Gasteiger partial charge on any atom is 0.273 e. The number of benzene rings is 1. The number of hydrogen-bond acceptors (Lipinski definition) is 4. The minimum Gasteiger partial charge on any atom is -0.327 e. The van der Waals surface area contributed by atoms with Gasteiger partial charge in [0.2, 0.25) is 0 Å². The first kappa shape index (κ1) is 21.9. The molecule has 1 aliphatic heterocycles. The van der Waals surface area contributed by atoms with Gasteiger partial charge in [0.1, 0.15) is 11.5 Å². The first-order valence-electron chi connectivity index (χ1n) is 13.2. The topological polar surface area (TPSA) is 50.5 Å². The first-order chi connectivity index (χ1) is 17.8. The van der Waals surface area contributed by atoms with Crippen LogP contribution < -0.4 is 0 Å². The number of nitrogens with zero attached hydrogens (tertiary/aromatic N) is 4. The zero-order chi connectivity index (χ0) is 25.1. The molecule has 0 N–H and O–H groups in total. The highest BCUT2D eigenvalue weighted by Gasteiger charge is 2.55. The second-order valence-electron chi connectivity index (χ2n) is 11.5. The van der Waals surface area contributed by atoms with Crippen LogP contribution >= 0.6 is 11.3 Å². The van der Waals surface area contributed by atoms with Gasteiger partial charge < -0.3 is 4.90 Å². The SMILES string of the molecule is CC1(c2ccc(-c3cc4nc(C(=O)N5CCc6sc(F)cc6C56CC6)cc(C5CC5)n4n3)c(F)c2)CC1. The standard InChI is InChI=1S/C29H26F2N4OS/c1-28(7-8-28)17-4-5-18(20(30)12-17)21-15-26-32-22(14-23(16-2-3-16)35(26)33-21)27(36)34-11-6-24-19(13-25(31)37-24)29(34)9-10-29/h4-5,12-16H,2-3,6-11H2,1H3. The monoisotopic (exact) mass is 516 g/mol. The van der Waals surface area contributed by atoms with E-state index >= 15 is 4.39 Å².